The molecule has 0 saturated heterocycles. The lowest BCUT2D eigenvalue weighted by atomic mass is 9.81. The van der Waals surface area contributed by atoms with Gasteiger partial charge in [0.2, 0.25) is 11.9 Å². The first-order valence-electron chi connectivity index (χ1n) is 10.5. The average molecular weight is 416 g/mol. The van der Waals surface area contributed by atoms with Gasteiger partial charge in [-0.05, 0) is 37.1 Å². The zero-order chi connectivity index (χ0) is 21.4. The molecule has 1 saturated carbocycles. The molecule has 0 bridgehead atoms. The molecule has 0 spiro atoms. The fourth-order valence-corrected chi connectivity index (χ4v) is 4.32. The van der Waals surface area contributed by atoms with Crippen molar-refractivity contribution in [1.29, 1.82) is 0 Å². The third kappa shape index (κ3) is 3.34. The Balaban J connectivity index is 1.70. The Morgan fingerprint density at radius 1 is 1.10 bits per heavy atom. The number of fused-ring (bicyclic) bond motifs is 3. The SMILES string of the molecule is COc1cccc(-c2nc3c4ccccc4nc(NC4(C(N)=O)CCCCC4)n3n2)c1. The van der Waals surface area contributed by atoms with E-state index in [2.05, 4.69) is 5.32 Å². The number of para-hydroxylation sites is 1. The molecule has 5 rings (SSSR count). The van der Waals surface area contributed by atoms with Gasteiger partial charge in [-0.1, -0.05) is 43.5 Å². The summed E-state index contributed by atoms with van der Waals surface area (Å²) in [6.45, 7) is 0. The lowest BCUT2D eigenvalue weighted by molar-refractivity contribution is -0.123. The average Bonchev–Trinajstić information content (AvgIpc) is 3.26. The summed E-state index contributed by atoms with van der Waals surface area (Å²) in [5, 5.41) is 8.98. The highest BCUT2D eigenvalue weighted by Gasteiger charge is 2.39. The van der Waals surface area contributed by atoms with E-state index < -0.39 is 5.54 Å². The van der Waals surface area contributed by atoms with Crippen LogP contribution in [0.3, 0.4) is 0 Å². The first-order valence-corrected chi connectivity index (χ1v) is 10.5. The van der Waals surface area contributed by atoms with E-state index in [1.54, 1.807) is 11.6 Å². The molecule has 2 aromatic carbocycles. The monoisotopic (exact) mass is 416 g/mol. The number of hydrogen-bond acceptors (Lipinski definition) is 6. The van der Waals surface area contributed by atoms with Gasteiger partial charge in [0.15, 0.2) is 11.5 Å². The van der Waals surface area contributed by atoms with Crippen molar-refractivity contribution in [2.75, 3.05) is 12.4 Å². The molecule has 31 heavy (non-hydrogen) atoms. The third-order valence-corrected chi connectivity index (χ3v) is 6.04. The number of anilines is 1. The van der Waals surface area contributed by atoms with Crippen molar-refractivity contribution in [3.8, 4) is 17.1 Å². The zero-order valence-corrected chi connectivity index (χ0v) is 17.3. The molecule has 0 atom stereocenters. The van der Waals surface area contributed by atoms with Crippen LogP contribution in [0.2, 0.25) is 0 Å². The second-order valence-corrected chi connectivity index (χ2v) is 7.99. The number of nitrogens with one attached hydrogen (secondary N) is 1. The van der Waals surface area contributed by atoms with Crippen molar-refractivity contribution < 1.29 is 9.53 Å². The van der Waals surface area contributed by atoms with Crippen LogP contribution in [0.1, 0.15) is 32.1 Å². The number of nitrogens with two attached hydrogens (primary N) is 1. The van der Waals surface area contributed by atoms with E-state index in [9.17, 15) is 4.79 Å². The number of carbonyl (C=O) groups is 1. The molecule has 1 fully saturated rings. The predicted molar refractivity (Wildman–Crippen MR) is 119 cm³/mol. The molecule has 8 heteroatoms. The molecular formula is C23H24N6O2. The molecule has 0 radical (unpaired) electrons. The fourth-order valence-electron chi connectivity index (χ4n) is 4.32. The van der Waals surface area contributed by atoms with E-state index in [0.717, 1.165) is 41.5 Å². The van der Waals surface area contributed by atoms with Gasteiger partial charge < -0.3 is 15.8 Å². The molecule has 2 heterocycles. The Morgan fingerprint density at radius 3 is 2.68 bits per heavy atom. The molecule has 0 unspecified atom stereocenters. The molecule has 1 aliphatic rings. The number of methoxy groups -OCH3 is 1. The normalized spacial score (nSPS) is 15.8. The van der Waals surface area contributed by atoms with Crippen LogP contribution in [-0.4, -0.2) is 38.1 Å². The van der Waals surface area contributed by atoms with E-state index in [1.165, 1.54) is 0 Å². The maximum atomic E-state index is 12.5. The maximum Gasteiger partial charge on any atom is 0.243 e. The van der Waals surface area contributed by atoms with Crippen LogP contribution in [0.5, 0.6) is 5.75 Å². The zero-order valence-electron chi connectivity index (χ0n) is 17.3. The van der Waals surface area contributed by atoms with Gasteiger partial charge in [-0.25, -0.2) is 9.97 Å². The Morgan fingerprint density at radius 2 is 1.90 bits per heavy atom. The predicted octanol–water partition coefficient (Wildman–Crippen LogP) is 3.55. The van der Waals surface area contributed by atoms with Gasteiger partial charge in [-0.2, -0.15) is 4.52 Å². The highest BCUT2D eigenvalue weighted by molar-refractivity contribution is 5.94. The van der Waals surface area contributed by atoms with Gasteiger partial charge in [0, 0.05) is 10.9 Å². The summed E-state index contributed by atoms with van der Waals surface area (Å²) in [5.41, 5.74) is 7.29. The molecule has 3 N–H and O–H groups in total. The number of aromatic nitrogens is 4. The molecule has 1 aliphatic carbocycles. The first-order chi connectivity index (χ1) is 15.1. The van der Waals surface area contributed by atoms with Crippen LogP contribution in [-0.2, 0) is 4.79 Å². The Labute approximate surface area is 179 Å². The minimum Gasteiger partial charge on any atom is -0.497 e. The Hall–Kier alpha value is -3.68. The van der Waals surface area contributed by atoms with Crippen LogP contribution in [0.4, 0.5) is 5.95 Å². The molecular weight excluding hydrogens is 392 g/mol. The van der Waals surface area contributed by atoms with Crippen molar-refractivity contribution in [3.05, 3.63) is 48.5 Å². The van der Waals surface area contributed by atoms with Crippen molar-refractivity contribution in [1.82, 2.24) is 19.6 Å². The van der Waals surface area contributed by atoms with Crippen LogP contribution in [0.25, 0.3) is 27.9 Å². The number of benzene rings is 2. The van der Waals surface area contributed by atoms with Crippen LogP contribution >= 0.6 is 0 Å². The quantitative estimate of drug-likeness (QED) is 0.515. The molecule has 1 amide bonds. The standard InChI is InChI=1S/C23H24N6O2/c1-31-16-9-7-8-15(14-16)19-26-20-17-10-3-4-11-18(17)25-22(29(20)28-19)27-23(21(24)30)12-5-2-6-13-23/h3-4,7-11,14H,2,5-6,12-13H2,1H3,(H2,24,30)(H,25,27). The Bertz CT molecular complexity index is 1280. The number of amides is 1. The van der Waals surface area contributed by atoms with Gasteiger partial charge in [-0.3, -0.25) is 4.79 Å². The summed E-state index contributed by atoms with van der Waals surface area (Å²) < 4.78 is 7.02. The van der Waals surface area contributed by atoms with Gasteiger partial charge in [0.25, 0.3) is 0 Å². The summed E-state index contributed by atoms with van der Waals surface area (Å²) in [7, 11) is 1.63. The largest absolute Gasteiger partial charge is 0.497 e. The molecule has 0 aliphatic heterocycles. The Kier molecular flexibility index (Phi) is 4.69. The maximum absolute atomic E-state index is 12.5. The van der Waals surface area contributed by atoms with Crippen molar-refractivity contribution >= 4 is 28.4 Å². The summed E-state index contributed by atoms with van der Waals surface area (Å²) in [4.78, 5) is 22.0. The number of nitrogens with zero attached hydrogens (tertiary/aromatic N) is 4. The van der Waals surface area contributed by atoms with Crippen LogP contribution in [0, 0.1) is 0 Å². The molecule has 2 aromatic heterocycles. The number of rotatable bonds is 5. The fraction of sp³-hybridized carbons (Fsp3) is 0.304. The van der Waals surface area contributed by atoms with Gasteiger partial charge in [0.1, 0.15) is 11.3 Å². The van der Waals surface area contributed by atoms with Crippen molar-refractivity contribution in [2.45, 2.75) is 37.6 Å². The summed E-state index contributed by atoms with van der Waals surface area (Å²) in [6.07, 6.45) is 4.34. The summed E-state index contributed by atoms with van der Waals surface area (Å²) >= 11 is 0. The van der Waals surface area contributed by atoms with Crippen molar-refractivity contribution in [2.24, 2.45) is 5.73 Å². The van der Waals surface area contributed by atoms with Gasteiger partial charge in [-0.15, -0.1) is 5.10 Å². The number of hydrogen-bond donors (Lipinski definition) is 2. The van der Waals surface area contributed by atoms with Crippen molar-refractivity contribution in [3.63, 3.8) is 0 Å². The third-order valence-electron chi connectivity index (χ3n) is 6.04. The summed E-state index contributed by atoms with van der Waals surface area (Å²) in [5.74, 6) is 1.39. The second kappa shape index (κ2) is 7.54. The highest BCUT2D eigenvalue weighted by Crippen LogP contribution is 2.33. The smallest absolute Gasteiger partial charge is 0.243 e. The minimum absolute atomic E-state index is 0.358. The highest BCUT2D eigenvalue weighted by atomic mass is 16.5. The molecule has 4 aromatic rings. The van der Waals surface area contributed by atoms with E-state index in [0.29, 0.717) is 30.3 Å². The van der Waals surface area contributed by atoms with Crippen LogP contribution in [0.15, 0.2) is 48.5 Å². The van der Waals surface area contributed by atoms with E-state index in [4.69, 9.17) is 25.5 Å². The topological polar surface area (TPSA) is 107 Å². The number of ether oxygens (including phenoxy) is 1. The lowest BCUT2D eigenvalue weighted by Gasteiger charge is -2.35. The summed E-state index contributed by atoms with van der Waals surface area (Å²) in [6, 6.07) is 15.4. The first kappa shape index (κ1) is 19.3. The second-order valence-electron chi connectivity index (χ2n) is 7.99. The lowest BCUT2D eigenvalue weighted by Crippen LogP contribution is -2.52. The number of primary amides is 1. The van der Waals surface area contributed by atoms with Crippen LogP contribution < -0.4 is 15.8 Å². The van der Waals surface area contributed by atoms with E-state index >= 15 is 0 Å². The van der Waals surface area contributed by atoms with Gasteiger partial charge in [0.05, 0.1) is 12.6 Å². The molecule has 8 nitrogen and oxygen atoms in total. The number of carbonyl (C=O) groups excluding carboxylic acids is 1. The molecule has 158 valence electrons. The minimum atomic E-state index is -0.831. The van der Waals surface area contributed by atoms with E-state index in [1.807, 2.05) is 48.5 Å². The van der Waals surface area contributed by atoms with E-state index in [-0.39, 0.29) is 5.91 Å². The van der Waals surface area contributed by atoms with Gasteiger partial charge >= 0.3 is 0 Å².